The number of hydrogen-bond acceptors (Lipinski definition) is 5. The predicted octanol–water partition coefficient (Wildman–Crippen LogP) is 3.11. The van der Waals surface area contributed by atoms with Gasteiger partial charge in [-0.05, 0) is 12.5 Å². The number of hydrogen-bond donors (Lipinski definition) is 0. The molecule has 1 aromatic heterocycles. The van der Waals surface area contributed by atoms with E-state index in [9.17, 15) is 4.79 Å². The van der Waals surface area contributed by atoms with Crippen LogP contribution < -0.4 is 4.74 Å². The van der Waals surface area contributed by atoms with Gasteiger partial charge in [-0.3, -0.25) is 4.79 Å². The van der Waals surface area contributed by atoms with E-state index in [0.717, 1.165) is 23.6 Å². The second-order valence-corrected chi connectivity index (χ2v) is 6.47. The van der Waals surface area contributed by atoms with Crippen LogP contribution in [0.5, 0.6) is 5.75 Å². The van der Waals surface area contributed by atoms with E-state index in [1.165, 1.54) is 0 Å². The fourth-order valence-corrected chi connectivity index (χ4v) is 2.96. The quantitative estimate of drug-likeness (QED) is 0.843. The molecule has 2 heterocycles. The van der Waals surface area contributed by atoms with Crippen LogP contribution in [0.3, 0.4) is 0 Å². The van der Waals surface area contributed by atoms with E-state index < -0.39 is 0 Å². The van der Waals surface area contributed by atoms with Crippen LogP contribution in [-0.4, -0.2) is 34.6 Å². The third kappa shape index (κ3) is 3.42. The van der Waals surface area contributed by atoms with Gasteiger partial charge in [0.05, 0.1) is 13.0 Å². The van der Waals surface area contributed by atoms with Gasteiger partial charge in [-0.1, -0.05) is 37.2 Å². The number of piperidine rings is 1. The molecule has 0 spiro atoms. The van der Waals surface area contributed by atoms with E-state index in [1.807, 2.05) is 43.0 Å². The van der Waals surface area contributed by atoms with Crippen LogP contribution in [-0.2, 0) is 11.3 Å². The van der Waals surface area contributed by atoms with Gasteiger partial charge < -0.3 is 14.2 Å². The first-order chi connectivity index (χ1) is 11.6. The van der Waals surface area contributed by atoms with Crippen molar-refractivity contribution in [1.82, 2.24) is 15.0 Å². The molecule has 128 valence electrons. The Morgan fingerprint density at radius 2 is 2.17 bits per heavy atom. The van der Waals surface area contributed by atoms with Crippen molar-refractivity contribution in [3.8, 4) is 5.75 Å². The van der Waals surface area contributed by atoms with E-state index >= 15 is 0 Å². The minimum absolute atomic E-state index is 0.0948. The van der Waals surface area contributed by atoms with Crippen molar-refractivity contribution in [2.75, 3.05) is 13.7 Å². The molecule has 1 aliphatic heterocycles. The Hall–Kier alpha value is -2.37. The van der Waals surface area contributed by atoms with Gasteiger partial charge in [0.15, 0.2) is 5.82 Å². The van der Waals surface area contributed by atoms with Crippen molar-refractivity contribution >= 4 is 5.91 Å². The molecule has 24 heavy (non-hydrogen) atoms. The standard InChI is InChI=1S/C18H23N3O3/c1-12(2)17-19-18(24-20-17)14-8-9-16(22)21(11-14)10-13-6-4-5-7-15(13)23-3/h4-7,12,14H,8-11H2,1-3H3/t14-/m1/s1. The second kappa shape index (κ2) is 7.03. The second-order valence-electron chi connectivity index (χ2n) is 6.47. The summed E-state index contributed by atoms with van der Waals surface area (Å²) in [5, 5.41) is 4.04. The zero-order valence-corrected chi connectivity index (χ0v) is 14.4. The highest BCUT2D eigenvalue weighted by molar-refractivity contribution is 5.77. The molecule has 0 radical (unpaired) electrons. The molecule has 0 aliphatic carbocycles. The van der Waals surface area contributed by atoms with Crippen LogP contribution in [0, 0.1) is 0 Å². The minimum atomic E-state index is 0.0948. The smallest absolute Gasteiger partial charge is 0.231 e. The average molecular weight is 329 g/mol. The number of amides is 1. The third-order valence-corrected chi connectivity index (χ3v) is 4.38. The number of rotatable bonds is 5. The van der Waals surface area contributed by atoms with Crippen molar-refractivity contribution in [2.24, 2.45) is 0 Å². The highest BCUT2D eigenvalue weighted by Gasteiger charge is 2.31. The van der Waals surface area contributed by atoms with E-state index in [0.29, 0.717) is 25.4 Å². The molecule has 6 nitrogen and oxygen atoms in total. The largest absolute Gasteiger partial charge is 0.496 e. The summed E-state index contributed by atoms with van der Waals surface area (Å²) in [4.78, 5) is 18.7. The lowest BCUT2D eigenvalue weighted by Gasteiger charge is -2.31. The Labute approximate surface area is 141 Å². The van der Waals surface area contributed by atoms with E-state index in [1.54, 1.807) is 7.11 Å². The molecule has 2 aromatic rings. The topological polar surface area (TPSA) is 68.5 Å². The van der Waals surface area contributed by atoms with Gasteiger partial charge >= 0.3 is 0 Å². The van der Waals surface area contributed by atoms with Gasteiger partial charge in [0, 0.05) is 31.0 Å². The molecule has 0 N–H and O–H groups in total. The number of carbonyl (C=O) groups is 1. The zero-order valence-electron chi connectivity index (χ0n) is 14.4. The van der Waals surface area contributed by atoms with E-state index in [2.05, 4.69) is 10.1 Å². The van der Waals surface area contributed by atoms with Crippen LogP contribution in [0.15, 0.2) is 28.8 Å². The normalized spacial score (nSPS) is 18.2. The summed E-state index contributed by atoms with van der Waals surface area (Å²) in [6.07, 6.45) is 1.25. The summed E-state index contributed by atoms with van der Waals surface area (Å²) in [7, 11) is 1.64. The lowest BCUT2D eigenvalue weighted by atomic mass is 9.96. The molecule has 1 aromatic carbocycles. The molecule has 1 amide bonds. The summed E-state index contributed by atoms with van der Waals surface area (Å²) in [6.45, 7) is 5.20. The summed E-state index contributed by atoms with van der Waals surface area (Å²) in [6, 6.07) is 7.78. The van der Waals surface area contributed by atoms with Crippen molar-refractivity contribution in [1.29, 1.82) is 0 Å². The number of carbonyl (C=O) groups excluding carboxylic acids is 1. The summed E-state index contributed by atoms with van der Waals surface area (Å²) in [5.74, 6) is 2.64. The van der Waals surface area contributed by atoms with Crippen molar-refractivity contribution in [3.63, 3.8) is 0 Å². The number of aromatic nitrogens is 2. The van der Waals surface area contributed by atoms with Gasteiger partial charge in [0.2, 0.25) is 11.8 Å². The van der Waals surface area contributed by atoms with Crippen molar-refractivity contribution in [2.45, 2.75) is 45.1 Å². The first-order valence-corrected chi connectivity index (χ1v) is 8.31. The van der Waals surface area contributed by atoms with Gasteiger partial charge in [-0.25, -0.2) is 0 Å². The van der Waals surface area contributed by atoms with Gasteiger partial charge in [0.25, 0.3) is 0 Å². The van der Waals surface area contributed by atoms with Crippen LogP contribution in [0.25, 0.3) is 0 Å². The summed E-state index contributed by atoms with van der Waals surface area (Å²) in [5.41, 5.74) is 1.00. The molecule has 0 unspecified atom stereocenters. The molecular formula is C18H23N3O3. The molecule has 1 atom stereocenters. The lowest BCUT2D eigenvalue weighted by Crippen LogP contribution is -2.38. The highest BCUT2D eigenvalue weighted by atomic mass is 16.5. The van der Waals surface area contributed by atoms with Gasteiger partial charge in [-0.15, -0.1) is 0 Å². The molecule has 0 saturated carbocycles. The Bertz CT molecular complexity index is 711. The molecule has 1 fully saturated rings. The first kappa shape index (κ1) is 16.5. The van der Waals surface area contributed by atoms with Gasteiger partial charge in [0.1, 0.15) is 5.75 Å². The van der Waals surface area contributed by atoms with Crippen LogP contribution in [0.4, 0.5) is 0 Å². The summed E-state index contributed by atoms with van der Waals surface area (Å²) < 4.78 is 10.8. The Morgan fingerprint density at radius 3 is 2.88 bits per heavy atom. The average Bonchev–Trinajstić information content (AvgIpc) is 3.07. The maximum Gasteiger partial charge on any atom is 0.231 e. The molecular weight excluding hydrogens is 306 g/mol. The zero-order chi connectivity index (χ0) is 17.1. The van der Waals surface area contributed by atoms with E-state index in [-0.39, 0.29) is 17.7 Å². The fourth-order valence-electron chi connectivity index (χ4n) is 2.96. The SMILES string of the molecule is COc1ccccc1CN1C[C@H](c2nc(C(C)C)no2)CCC1=O. The number of para-hydroxylation sites is 1. The number of nitrogens with zero attached hydrogens (tertiary/aromatic N) is 3. The number of benzene rings is 1. The molecule has 1 saturated heterocycles. The van der Waals surface area contributed by atoms with Crippen LogP contribution in [0.1, 0.15) is 55.8 Å². The maximum absolute atomic E-state index is 12.3. The lowest BCUT2D eigenvalue weighted by molar-refractivity contribution is -0.134. The monoisotopic (exact) mass is 329 g/mol. The number of methoxy groups -OCH3 is 1. The Morgan fingerprint density at radius 1 is 1.38 bits per heavy atom. The van der Waals surface area contributed by atoms with Crippen LogP contribution >= 0.6 is 0 Å². The fraction of sp³-hybridized carbons (Fsp3) is 0.500. The third-order valence-electron chi connectivity index (χ3n) is 4.38. The van der Waals surface area contributed by atoms with Crippen molar-refractivity contribution < 1.29 is 14.1 Å². The van der Waals surface area contributed by atoms with Gasteiger partial charge in [-0.2, -0.15) is 4.98 Å². The molecule has 1 aliphatic rings. The Kier molecular flexibility index (Phi) is 4.83. The Balaban J connectivity index is 1.74. The molecule has 0 bridgehead atoms. The van der Waals surface area contributed by atoms with E-state index in [4.69, 9.17) is 9.26 Å². The van der Waals surface area contributed by atoms with Crippen LogP contribution in [0.2, 0.25) is 0 Å². The number of likely N-dealkylation sites (tertiary alicyclic amines) is 1. The molecule has 6 heteroatoms. The van der Waals surface area contributed by atoms with Crippen molar-refractivity contribution in [3.05, 3.63) is 41.5 Å². The highest BCUT2D eigenvalue weighted by Crippen LogP contribution is 2.29. The first-order valence-electron chi connectivity index (χ1n) is 8.31. The maximum atomic E-state index is 12.3. The minimum Gasteiger partial charge on any atom is -0.496 e. The predicted molar refractivity (Wildman–Crippen MR) is 88.8 cm³/mol. The summed E-state index contributed by atoms with van der Waals surface area (Å²) >= 11 is 0. The number of ether oxygens (including phenoxy) is 1. The molecule has 3 rings (SSSR count).